The molecule has 0 radical (unpaired) electrons. The number of carboxylic acid groups (broad SMARTS) is 1. The Morgan fingerprint density at radius 2 is 1.91 bits per heavy atom. The standard InChI is InChI=1S/C25H35N3O5/c1-2-3-4-5-6-9-22(30)28-25(17-21(25)18-10-13-20(29)14-11-18)24(33)27-19(8-7-16-26)12-15-23(31)32/h6,9-15,19,21,29H,2-5,7-8,16-17,26H2,1H3,(H,27,33)(H,28,30)(H,31,32)/b9-6+,15-12+/t19-,21?,25?/m0/s1. The van der Waals surface area contributed by atoms with Crippen LogP contribution in [0.4, 0.5) is 0 Å². The van der Waals surface area contributed by atoms with Crippen LogP contribution in [-0.4, -0.2) is 46.1 Å². The molecule has 0 heterocycles. The van der Waals surface area contributed by atoms with Crippen LogP contribution in [0.3, 0.4) is 0 Å². The van der Waals surface area contributed by atoms with Gasteiger partial charge in [0, 0.05) is 18.0 Å². The topological polar surface area (TPSA) is 142 Å². The number of carboxylic acids is 1. The van der Waals surface area contributed by atoms with E-state index < -0.39 is 17.6 Å². The summed E-state index contributed by atoms with van der Waals surface area (Å²) < 4.78 is 0. The van der Waals surface area contributed by atoms with Gasteiger partial charge in [0.05, 0.1) is 0 Å². The Labute approximate surface area is 194 Å². The average Bonchev–Trinajstić information content (AvgIpc) is 3.50. The molecule has 0 saturated heterocycles. The van der Waals surface area contributed by atoms with Crippen molar-refractivity contribution in [2.45, 2.75) is 69.4 Å². The third-order valence-corrected chi connectivity index (χ3v) is 5.76. The summed E-state index contributed by atoms with van der Waals surface area (Å²) in [5.41, 5.74) is 5.27. The number of aromatic hydroxyl groups is 1. The van der Waals surface area contributed by atoms with Crippen LogP contribution >= 0.6 is 0 Å². The van der Waals surface area contributed by atoms with E-state index in [0.717, 1.165) is 37.3 Å². The third kappa shape index (κ3) is 8.05. The Hall–Kier alpha value is -3.13. The average molecular weight is 458 g/mol. The van der Waals surface area contributed by atoms with E-state index in [9.17, 15) is 19.5 Å². The van der Waals surface area contributed by atoms with Gasteiger partial charge < -0.3 is 26.6 Å². The van der Waals surface area contributed by atoms with Crippen molar-refractivity contribution >= 4 is 17.8 Å². The monoisotopic (exact) mass is 457 g/mol. The summed E-state index contributed by atoms with van der Waals surface area (Å²) in [5, 5.41) is 24.3. The molecule has 3 atom stereocenters. The quantitative estimate of drug-likeness (QED) is 0.215. The zero-order valence-electron chi connectivity index (χ0n) is 19.1. The number of aliphatic carboxylic acids is 1. The maximum absolute atomic E-state index is 13.3. The van der Waals surface area contributed by atoms with Gasteiger partial charge in [-0.05, 0) is 62.4 Å². The number of amides is 2. The molecule has 180 valence electrons. The molecule has 0 aliphatic heterocycles. The lowest BCUT2D eigenvalue weighted by molar-refractivity contribution is -0.131. The minimum absolute atomic E-state index is 0.120. The van der Waals surface area contributed by atoms with Crippen LogP contribution in [0.5, 0.6) is 5.75 Å². The number of nitrogens with one attached hydrogen (secondary N) is 2. The van der Waals surface area contributed by atoms with E-state index in [2.05, 4.69) is 17.6 Å². The number of allylic oxidation sites excluding steroid dienone is 1. The number of carbonyl (C=O) groups is 3. The van der Waals surface area contributed by atoms with Crippen LogP contribution in [0, 0.1) is 0 Å². The van der Waals surface area contributed by atoms with Crippen LogP contribution in [0.25, 0.3) is 0 Å². The van der Waals surface area contributed by atoms with E-state index >= 15 is 0 Å². The number of hydrogen-bond acceptors (Lipinski definition) is 5. The molecule has 8 nitrogen and oxygen atoms in total. The fourth-order valence-electron chi connectivity index (χ4n) is 3.83. The highest BCUT2D eigenvalue weighted by atomic mass is 16.4. The molecule has 6 N–H and O–H groups in total. The normalized spacial score (nSPS) is 20.6. The van der Waals surface area contributed by atoms with Gasteiger partial charge in [0.2, 0.25) is 11.8 Å². The van der Waals surface area contributed by atoms with E-state index in [0.29, 0.717) is 25.8 Å². The smallest absolute Gasteiger partial charge is 0.328 e. The first-order valence-corrected chi connectivity index (χ1v) is 11.5. The Balaban J connectivity index is 2.17. The molecule has 0 spiro atoms. The molecule has 1 aromatic carbocycles. The predicted molar refractivity (Wildman–Crippen MR) is 127 cm³/mol. The SMILES string of the molecule is CCCCC/C=C/C(=O)NC1(C(=O)N[C@H](/C=C/C(=O)O)CCCN)CC1c1ccc(O)cc1. The third-order valence-electron chi connectivity index (χ3n) is 5.76. The first-order valence-electron chi connectivity index (χ1n) is 11.5. The second-order valence-electron chi connectivity index (χ2n) is 8.42. The van der Waals surface area contributed by atoms with Gasteiger partial charge in [-0.25, -0.2) is 4.79 Å². The molecule has 1 aliphatic rings. The summed E-state index contributed by atoms with van der Waals surface area (Å²) in [4.78, 5) is 36.9. The Morgan fingerprint density at radius 3 is 2.55 bits per heavy atom. The van der Waals surface area contributed by atoms with Crippen molar-refractivity contribution in [3.63, 3.8) is 0 Å². The van der Waals surface area contributed by atoms with Crippen LogP contribution in [0.2, 0.25) is 0 Å². The molecule has 2 amide bonds. The largest absolute Gasteiger partial charge is 0.508 e. The molecule has 33 heavy (non-hydrogen) atoms. The molecule has 0 aromatic heterocycles. The van der Waals surface area contributed by atoms with Gasteiger partial charge in [-0.15, -0.1) is 0 Å². The maximum Gasteiger partial charge on any atom is 0.328 e. The lowest BCUT2D eigenvalue weighted by atomic mass is 10.0. The summed E-state index contributed by atoms with van der Waals surface area (Å²) >= 11 is 0. The van der Waals surface area contributed by atoms with Gasteiger partial charge >= 0.3 is 5.97 Å². The minimum Gasteiger partial charge on any atom is -0.508 e. The summed E-state index contributed by atoms with van der Waals surface area (Å²) in [7, 11) is 0. The summed E-state index contributed by atoms with van der Waals surface area (Å²) in [6.07, 6.45) is 11.2. The number of rotatable bonds is 14. The first kappa shape index (κ1) is 26.1. The number of hydrogen-bond donors (Lipinski definition) is 5. The molecule has 1 aliphatic carbocycles. The highest BCUT2D eigenvalue weighted by Gasteiger charge is 2.61. The van der Waals surface area contributed by atoms with E-state index in [1.165, 1.54) is 12.2 Å². The highest BCUT2D eigenvalue weighted by molar-refractivity contribution is 5.99. The first-order chi connectivity index (χ1) is 15.8. The van der Waals surface area contributed by atoms with E-state index in [4.69, 9.17) is 10.8 Å². The second kappa shape index (κ2) is 12.8. The van der Waals surface area contributed by atoms with Crippen LogP contribution < -0.4 is 16.4 Å². The molecular formula is C25H35N3O5. The molecule has 1 fully saturated rings. The number of phenols is 1. The number of benzene rings is 1. The van der Waals surface area contributed by atoms with Gasteiger partial charge in [0.1, 0.15) is 11.3 Å². The molecule has 1 saturated carbocycles. The van der Waals surface area contributed by atoms with Crippen molar-refractivity contribution in [3.8, 4) is 5.75 Å². The molecular weight excluding hydrogens is 422 g/mol. The number of phenolic OH excluding ortho intramolecular Hbond substituents is 1. The lowest BCUT2D eigenvalue weighted by Crippen LogP contribution is -2.52. The van der Waals surface area contributed by atoms with Crippen molar-refractivity contribution in [2.24, 2.45) is 5.73 Å². The minimum atomic E-state index is -1.14. The molecule has 2 rings (SSSR count). The van der Waals surface area contributed by atoms with Crippen molar-refractivity contribution in [2.75, 3.05) is 6.54 Å². The predicted octanol–water partition coefficient (Wildman–Crippen LogP) is 2.74. The lowest BCUT2D eigenvalue weighted by Gasteiger charge is -2.22. The second-order valence-corrected chi connectivity index (χ2v) is 8.42. The van der Waals surface area contributed by atoms with Crippen LogP contribution in [0.15, 0.2) is 48.6 Å². The van der Waals surface area contributed by atoms with Crippen molar-refractivity contribution in [1.82, 2.24) is 10.6 Å². The van der Waals surface area contributed by atoms with Crippen molar-refractivity contribution in [3.05, 3.63) is 54.1 Å². The fraction of sp³-hybridized carbons (Fsp3) is 0.480. The zero-order chi connectivity index (χ0) is 24.3. The molecule has 0 bridgehead atoms. The Bertz CT molecular complexity index is 865. The Morgan fingerprint density at radius 1 is 1.18 bits per heavy atom. The van der Waals surface area contributed by atoms with E-state index in [-0.39, 0.29) is 23.5 Å². The van der Waals surface area contributed by atoms with Crippen molar-refractivity contribution < 1.29 is 24.6 Å². The summed E-state index contributed by atoms with van der Waals surface area (Å²) in [6, 6.07) is 6.05. The number of nitrogens with two attached hydrogens (primary N) is 1. The zero-order valence-corrected chi connectivity index (χ0v) is 19.1. The van der Waals surface area contributed by atoms with Gasteiger partial charge in [-0.3, -0.25) is 9.59 Å². The fourth-order valence-corrected chi connectivity index (χ4v) is 3.83. The Kier molecular flexibility index (Phi) is 10.1. The van der Waals surface area contributed by atoms with Gasteiger partial charge in [-0.1, -0.05) is 44.1 Å². The molecule has 2 unspecified atom stereocenters. The van der Waals surface area contributed by atoms with Crippen LogP contribution in [-0.2, 0) is 14.4 Å². The van der Waals surface area contributed by atoms with Crippen LogP contribution in [0.1, 0.15) is 63.4 Å². The number of carbonyl (C=O) groups excluding carboxylic acids is 2. The number of unbranched alkanes of at least 4 members (excludes halogenated alkanes) is 3. The summed E-state index contributed by atoms with van der Waals surface area (Å²) in [6.45, 7) is 2.52. The van der Waals surface area contributed by atoms with Crippen molar-refractivity contribution in [1.29, 1.82) is 0 Å². The van der Waals surface area contributed by atoms with E-state index in [1.54, 1.807) is 24.3 Å². The van der Waals surface area contributed by atoms with Gasteiger partial charge in [0.25, 0.3) is 0 Å². The molecule has 8 heteroatoms. The van der Waals surface area contributed by atoms with E-state index in [1.807, 2.05) is 6.08 Å². The van der Waals surface area contributed by atoms with Gasteiger partial charge in [0.15, 0.2) is 0 Å². The highest BCUT2D eigenvalue weighted by Crippen LogP contribution is 2.52. The molecule has 1 aromatic rings. The van der Waals surface area contributed by atoms with Gasteiger partial charge in [-0.2, -0.15) is 0 Å². The maximum atomic E-state index is 13.3. The summed E-state index contributed by atoms with van der Waals surface area (Å²) in [5.74, 6) is -1.96.